The Bertz CT molecular complexity index is 892. The second-order valence-electron chi connectivity index (χ2n) is 6.08. The van der Waals surface area contributed by atoms with Crippen molar-refractivity contribution in [1.29, 1.82) is 5.26 Å². The highest BCUT2D eigenvalue weighted by Gasteiger charge is 2.39. The molecular weight excluding hydrogens is 405 g/mol. The predicted molar refractivity (Wildman–Crippen MR) is 101 cm³/mol. The minimum absolute atomic E-state index is 0.155. The molecule has 1 unspecified atom stereocenters. The van der Waals surface area contributed by atoms with Gasteiger partial charge in [0, 0.05) is 16.5 Å². The molecule has 3 rings (SSSR count). The molecule has 0 spiro atoms. The van der Waals surface area contributed by atoms with Crippen LogP contribution in [0.2, 0.25) is 10.0 Å². The maximum atomic E-state index is 12.3. The molecule has 0 amide bonds. The number of benzene rings is 2. The summed E-state index contributed by atoms with van der Waals surface area (Å²) in [6.07, 6.45) is -2.01. The number of carbonyl (C=O) groups is 2. The molecule has 0 saturated carbocycles. The number of hydrogen-bond donors (Lipinski definition) is 0. The lowest BCUT2D eigenvalue weighted by Gasteiger charge is -2.19. The van der Waals surface area contributed by atoms with Crippen LogP contribution >= 0.6 is 23.2 Å². The van der Waals surface area contributed by atoms with Gasteiger partial charge < -0.3 is 14.2 Å². The van der Waals surface area contributed by atoms with Gasteiger partial charge in [0.2, 0.25) is 0 Å². The number of nitrogens with zero attached hydrogens (tertiary/aromatic N) is 1. The van der Waals surface area contributed by atoms with Crippen molar-refractivity contribution >= 4 is 35.1 Å². The Balaban J connectivity index is 1.62. The van der Waals surface area contributed by atoms with Crippen molar-refractivity contribution in [2.75, 3.05) is 6.61 Å². The van der Waals surface area contributed by atoms with Gasteiger partial charge in [0.25, 0.3) is 0 Å². The number of ether oxygens (including phenoxy) is 3. The lowest BCUT2D eigenvalue weighted by Crippen LogP contribution is -2.32. The lowest BCUT2D eigenvalue weighted by molar-refractivity contribution is -0.0349. The SMILES string of the molecule is N#C[C@@H]1CC(OC(=O)c2ccc(Cl)cc2)[C@@H](COC(=O)c2ccc(Cl)cc2)O1. The molecule has 28 heavy (non-hydrogen) atoms. The molecule has 0 aromatic heterocycles. The van der Waals surface area contributed by atoms with Gasteiger partial charge in [-0.2, -0.15) is 5.26 Å². The first-order valence-corrected chi connectivity index (χ1v) is 9.16. The number of rotatable bonds is 5. The van der Waals surface area contributed by atoms with Crippen LogP contribution in [0.5, 0.6) is 0 Å². The zero-order chi connectivity index (χ0) is 20.1. The zero-order valence-corrected chi connectivity index (χ0v) is 16.0. The van der Waals surface area contributed by atoms with Crippen LogP contribution in [-0.2, 0) is 14.2 Å². The van der Waals surface area contributed by atoms with Gasteiger partial charge in [0.1, 0.15) is 24.9 Å². The molecule has 1 saturated heterocycles. The van der Waals surface area contributed by atoms with Gasteiger partial charge in [-0.25, -0.2) is 9.59 Å². The summed E-state index contributed by atoms with van der Waals surface area (Å²) in [7, 11) is 0. The second kappa shape index (κ2) is 9.07. The average Bonchev–Trinajstić information content (AvgIpc) is 3.09. The highest BCUT2D eigenvalue weighted by Crippen LogP contribution is 2.25. The van der Waals surface area contributed by atoms with E-state index in [1.54, 1.807) is 24.3 Å². The third-order valence-electron chi connectivity index (χ3n) is 4.14. The van der Waals surface area contributed by atoms with E-state index in [4.69, 9.17) is 42.7 Å². The third-order valence-corrected chi connectivity index (χ3v) is 4.65. The van der Waals surface area contributed by atoms with Gasteiger partial charge >= 0.3 is 11.9 Å². The van der Waals surface area contributed by atoms with Gasteiger partial charge in [0.05, 0.1) is 17.2 Å². The van der Waals surface area contributed by atoms with Crippen molar-refractivity contribution in [3.8, 4) is 6.07 Å². The van der Waals surface area contributed by atoms with E-state index in [1.807, 2.05) is 6.07 Å². The Hall–Kier alpha value is -2.59. The average molecular weight is 420 g/mol. The normalized spacial score (nSPS) is 21.0. The molecular formula is C20H15Cl2NO5. The highest BCUT2D eigenvalue weighted by atomic mass is 35.5. The molecule has 1 aliphatic rings. The molecule has 0 aliphatic carbocycles. The minimum Gasteiger partial charge on any atom is -0.459 e. The summed E-state index contributed by atoms with van der Waals surface area (Å²) < 4.78 is 16.2. The van der Waals surface area contributed by atoms with Gasteiger partial charge in [-0.3, -0.25) is 0 Å². The van der Waals surface area contributed by atoms with Crippen LogP contribution in [0.3, 0.4) is 0 Å². The van der Waals surface area contributed by atoms with Crippen molar-refractivity contribution in [1.82, 2.24) is 0 Å². The van der Waals surface area contributed by atoms with E-state index in [9.17, 15) is 9.59 Å². The molecule has 1 aliphatic heterocycles. The quantitative estimate of drug-likeness (QED) is 0.679. The summed E-state index contributed by atoms with van der Waals surface area (Å²) in [5.41, 5.74) is 0.649. The molecule has 1 heterocycles. The summed E-state index contributed by atoms with van der Waals surface area (Å²) in [4.78, 5) is 24.5. The van der Waals surface area contributed by atoms with E-state index in [0.29, 0.717) is 21.2 Å². The Morgan fingerprint density at radius 3 is 2.07 bits per heavy atom. The molecule has 8 heteroatoms. The Morgan fingerprint density at radius 1 is 1.00 bits per heavy atom. The molecule has 0 N–H and O–H groups in total. The van der Waals surface area contributed by atoms with Crippen LogP contribution in [0.25, 0.3) is 0 Å². The fourth-order valence-corrected chi connectivity index (χ4v) is 2.94. The summed E-state index contributed by atoms with van der Waals surface area (Å²) in [5.74, 6) is -1.14. The summed E-state index contributed by atoms with van der Waals surface area (Å²) in [6.45, 7) is -0.155. The fourth-order valence-electron chi connectivity index (χ4n) is 2.69. The molecule has 144 valence electrons. The number of esters is 2. The lowest BCUT2D eigenvalue weighted by atomic mass is 10.1. The molecule has 1 fully saturated rings. The maximum absolute atomic E-state index is 12.3. The summed E-state index contributed by atoms with van der Waals surface area (Å²) in [6, 6.07) is 14.4. The first kappa shape index (κ1) is 20.2. The maximum Gasteiger partial charge on any atom is 0.338 e. The topological polar surface area (TPSA) is 85.6 Å². The van der Waals surface area contributed by atoms with E-state index >= 15 is 0 Å². The molecule has 0 bridgehead atoms. The first-order chi connectivity index (χ1) is 13.5. The van der Waals surface area contributed by atoms with Gasteiger partial charge in [-0.1, -0.05) is 23.2 Å². The van der Waals surface area contributed by atoms with Gasteiger partial charge in [-0.15, -0.1) is 0 Å². The Kier molecular flexibility index (Phi) is 6.53. The van der Waals surface area contributed by atoms with Gasteiger partial charge in [0.15, 0.2) is 0 Å². The molecule has 6 nitrogen and oxygen atoms in total. The van der Waals surface area contributed by atoms with Crippen LogP contribution in [0.4, 0.5) is 0 Å². The van der Waals surface area contributed by atoms with E-state index in [-0.39, 0.29) is 13.0 Å². The van der Waals surface area contributed by atoms with Crippen molar-refractivity contribution in [3.63, 3.8) is 0 Å². The van der Waals surface area contributed by atoms with Crippen LogP contribution < -0.4 is 0 Å². The fraction of sp³-hybridized carbons (Fsp3) is 0.250. The molecule has 0 radical (unpaired) electrons. The van der Waals surface area contributed by atoms with Crippen LogP contribution in [-0.4, -0.2) is 36.9 Å². The van der Waals surface area contributed by atoms with Crippen LogP contribution in [0.1, 0.15) is 27.1 Å². The predicted octanol–water partition coefficient (Wildman–Crippen LogP) is 4.06. The number of halogens is 2. The van der Waals surface area contributed by atoms with Crippen molar-refractivity contribution in [3.05, 3.63) is 69.7 Å². The van der Waals surface area contributed by atoms with E-state index < -0.39 is 30.3 Å². The van der Waals surface area contributed by atoms with E-state index in [0.717, 1.165) is 0 Å². The number of carbonyl (C=O) groups excluding carboxylic acids is 2. The van der Waals surface area contributed by atoms with Crippen molar-refractivity contribution in [2.24, 2.45) is 0 Å². The largest absolute Gasteiger partial charge is 0.459 e. The number of hydrogen-bond acceptors (Lipinski definition) is 6. The van der Waals surface area contributed by atoms with E-state index in [2.05, 4.69) is 0 Å². The minimum atomic E-state index is -0.748. The summed E-state index contributed by atoms with van der Waals surface area (Å²) in [5, 5.41) is 10.1. The second-order valence-corrected chi connectivity index (χ2v) is 6.96. The van der Waals surface area contributed by atoms with E-state index in [1.165, 1.54) is 24.3 Å². The van der Waals surface area contributed by atoms with Gasteiger partial charge in [-0.05, 0) is 48.5 Å². The first-order valence-electron chi connectivity index (χ1n) is 8.40. The Morgan fingerprint density at radius 2 is 1.54 bits per heavy atom. The monoisotopic (exact) mass is 419 g/mol. The zero-order valence-electron chi connectivity index (χ0n) is 14.5. The number of nitriles is 1. The third kappa shape index (κ3) is 5.02. The van der Waals surface area contributed by atoms with Crippen LogP contribution in [0.15, 0.2) is 48.5 Å². The standard InChI is InChI=1S/C20H15Cl2NO5/c21-14-5-1-12(2-6-14)19(24)26-11-18-17(9-16(10-23)27-18)28-20(25)13-3-7-15(22)8-4-13/h1-8,16-18H,9,11H2/t16-,17?,18+/m0/s1. The highest BCUT2D eigenvalue weighted by molar-refractivity contribution is 6.30. The summed E-state index contributed by atoms with van der Waals surface area (Å²) >= 11 is 11.6. The molecule has 3 atom stereocenters. The van der Waals surface area contributed by atoms with Crippen LogP contribution in [0, 0.1) is 11.3 Å². The van der Waals surface area contributed by atoms with Crippen molar-refractivity contribution < 1.29 is 23.8 Å². The van der Waals surface area contributed by atoms with Crippen molar-refractivity contribution in [2.45, 2.75) is 24.7 Å². The molecule has 2 aromatic rings. The molecule has 2 aromatic carbocycles. The Labute approximate surface area is 171 Å². The smallest absolute Gasteiger partial charge is 0.338 e.